The Balaban J connectivity index is 2.62. The average molecular weight is 291 g/mol. The third kappa shape index (κ3) is 3.19. The number of para-hydroxylation sites is 1. The fourth-order valence-corrected chi connectivity index (χ4v) is 2.37. The van der Waals surface area contributed by atoms with E-state index in [4.69, 9.17) is 9.47 Å². The lowest BCUT2D eigenvalue weighted by molar-refractivity contribution is 0.0712. The van der Waals surface area contributed by atoms with Crippen LogP contribution in [0.3, 0.4) is 0 Å². The summed E-state index contributed by atoms with van der Waals surface area (Å²) in [6, 6.07) is 5.51. The SMILES string of the molecule is COc1c(CCC(C)(C)O)c(=O)[nH]c2c(OC)cccc12. The Labute approximate surface area is 123 Å². The second-order valence-electron chi connectivity index (χ2n) is 5.66. The Morgan fingerprint density at radius 1 is 1.24 bits per heavy atom. The van der Waals surface area contributed by atoms with Crippen LogP contribution in [0.25, 0.3) is 10.9 Å². The van der Waals surface area contributed by atoms with Gasteiger partial charge < -0.3 is 19.6 Å². The maximum absolute atomic E-state index is 12.3. The van der Waals surface area contributed by atoms with Crippen molar-refractivity contribution in [3.05, 3.63) is 34.1 Å². The van der Waals surface area contributed by atoms with E-state index in [2.05, 4.69) is 4.98 Å². The van der Waals surface area contributed by atoms with Gasteiger partial charge in [0.25, 0.3) is 5.56 Å². The maximum atomic E-state index is 12.3. The third-order valence-electron chi connectivity index (χ3n) is 3.47. The first-order valence-electron chi connectivity index (χ1n) is 6.85. The van der Waals surface area contributed by atoms with Crippen LogP contribution < -0.4 is 15.0 Å². The van der Waals surface area contributed by atoms with Gasteiger partial charge in [0.15, 0.2) is 0 Å². The van der Waals surface area contributed by atoms with E-state index in [1.807, 2.05) is 12.1 Å². The number of rotatable bonds is 5. The Morgan fingerprint density at radius 2 is 1.95 bits per heavy atom. The Bertz CT molecular complexity index is 698. The van der Waals surface area contributed by atoms with E-state index in [1.165, 1.54) is 0 Å². The number of hydrogen-bond acceptors (Lipinski definition) is 4. The highest BCUT2D eigenvalue weighted by Crippen LogP contribution is 2.32. The summed E-state index contributed by atoms with van der Waals surface area (Å²) in [7, 11) is 3.10. The molecular formula is C16H21NO4. The number of nitrogens with one attached hydrogen (secondary N) is 1. The summed E-state index contributed by atoms with van der Waals surface area (Å²) < 4.78 is 10.7. The summed E-state index contributed by atoms with van der Waals surface area (Å²) in [5, 5.41) is 10.6. The molecule has 5 heteroatoms. The monoisotopic (exact) mass is 291 g/mol. The molecule has 114 valence electrons. The van der Waals surface area contributed by atoms with Gasteiger partial charge in [0.1, 0.15) is 11.5 Å². The summed E-state index contributed by atoms with van der Waals surface area (Å²) in [6.45, 7) is 3.44. The van der Waals surface area contributed by atoms with Gasteiger partial charge in [-0.25, -0.2) is 0 Å². The number of aliphatic hydroxyl groups is 1. The first-order valence-corrected chi connectivity index (χ1v) is 6.85. The van der Waals surface area contributed by atoms with Crippen LogP contribution in [-0.2, 0) is 6.42 Å². The molecule has 0 bridgehead atoms. The summed E-state index contributed by atoms with van der Waals surface area (Å²) in [5.74, 6) is 1.13. The second-order valence-corrected chi connectivity index (χ2v) is 5.66. The van der Waals surface area contributed by atoms with Gasteiger partial charge in [-0.15, -0.1) is 0 Å². The van der Waals surface area contributed by atoms with Crippen LogP contribution in [-0.4, -0.2) is 29.9 Å². The highest BCUT2D eigenvalue weighted by molar-refractivity contribution is 5.90. The molecule has 21 heavy (non-hydrogen) atoms. The van der Waals surface area contributed by atoms with Crippen molar-refractivity contribution in [2.24, 2.45) is 0 Å². The fraction of sp³-hybridized carbons (Fsp3) is 0.438. The molecule has 1 aromatic heterocycles. The van der Waals surface area contributed by atoms with Crippen LogP contribution in [0, 0.1) is 0 Å². The van der Waals surface area contributed by atoms with E-state index >= 15 is 0 Å². The highest BCUT2D eigenvalue weighted by Gasteiger charge is 2.19. The van der Waals surface area contributed by atoms with Crippen molar-refractivity contribution in [3.8, 4) is 11.5 Å². The van der Waals surface area contributed by atoms with E-state index in [-0.39, 0.29) is 5.56 Å². The highest BCUT2D eigenvalue weighted by atomic mass is 16.5. The lowest BCUT2D eigenvalue weighted by Crippen LogP contribution is -2.22. The summed E-state index contributed by atoms with van der Waals surface area (Å²) >= 11 is 0. The van der Waals surface area contributed by atoms with Crippen molar-refractivity contribution in [1.29, 1.82) is 0 Å². The number of benzene rings is 1. The Morgan fingerprint density at radius 3 is 2.52 bits per heavy atom. The molecule has 0 aliphatic rings. The van der Waals surface area contributed by atoms with Crippen molar-refractivity contribution >= 4 is 10.9 Å². The molecule has 0 aliphatic heterocycles. The van der Waals surface area contributed by atoms with Gasteiger partial charge in [0.05, 0.1) is 30.9 Å². The van der Waals surface area contributed by atoms with Crippen LogP contribution in [0.15, 0.2) is 23.0 Å². The normalized spacial score (nSPS) is 11.7. The molecule has 0 unspecified atom stereocenters. The van der Waals surface area contributed by atoms with Gasteiger partial charge in [-0.1, -0.05) is 6.07 Å². The standard InChI is InChI=1S/C16H21NO4/c1-16(2,19)9-8-11-14(21-4)10-6-5-7-12(20-3)13(10)17-15(11)18/h5-7,19H,8-9H2,1-4H3,(H,17,18). The van der Waals surface area contributed by atoms with Crippen molar-refractivity contribution in [2.75, 3.05) is 14.2 Å². The van der Waals surface area contributed by atoms with E-state index in [9.17, 15) is 9.90 Å². The molecule has 0 atom stereocenters. The zero-order valence-corrected chi connectivity index (χ0v) is 12.8. The minimum Gasteiger partial charge on any atom is -0.496 e. The zero-order valence-electron chi connectivity index (χ0n) is 12.8. The fourth-order valence-electron chi connectivity index (χ4n) is 2.37. The molecule has 0 spiro atoms. The predicted molar refractivity (Wildman–Crippen MR) is 82.3 cm³/mol. The van der Waals surface area contributed by atoms with Gasteiger partial charge in [-0.05, 0) is 38.8 Å². The van der Waals surface area contributed by atoms with Crippen molar-refractivity contribution < 1.29 is 14.6 Å². The molecule has 2 N–H and O–H groups in total. The molecule has 2 rings (SSSR count). The molecule has 0 saturated carbocycles. The first-order chi connectivity index (χ1) is 9.87. The number of H-pyrrole nitrogens is 1. The molecule has 0 aliphatic carbocycles. The molecule has 0 fully saturated rings. The minimum atomic E-state index is -0.833. The van der Waals surface area contributed by atoms with E-state index in [1.54, 1.807) is 34.1 Å². The van der Waals surface area contributed by atoms with E-state index in [0.717, 1.165) is 5.39 Å². The molecule has 0 saturated heterocycles. The summed E-state index contributed by atoms with van der Waals surface area (Å²) in [5.41, 5.74) is 0.114. The van der Waals surface area contributed by atoms with E-state index in [0.29, 0.717) is 35.4 Å². The third-order valence-corrected chi connectivity index (χ3v) is 3.47. The van der Waals surface area contributed by atoms with Crippen LogP contribution in [0.2, 0.25) is 0 Å². The van der Waals surface area contributed by atoms with Crippen LogP contribution in [0.5, 0.6) is 11.5 Å². The summed E-state index contributed by atoms with van der Waals surface area (Å²) in [6.07, 6.45) is 0.914. The van der Waals surface area contributed by atoms with E-state index < -0.39 is 5.60 Å². The topological polar surface area (TPSA) is 71.5 Å². The maximum Gasteiger partial charge on any atom is 0.255 e. The smallest absolute Gasteiger partial charge is 0.255 e. The predicted octanol–water partition coefficient (Wildman–Crippen LogP) is 2.25. The van der Waals surface area contributed by atoms with Crippen molar-refractivity contribution in [3.63, 3.8) is 0 Å². The molecule has 5 nitrogen and oxygen atoms in total. The van der Waals surface area contributed by atoms with Gasteiger partial charge in [-0.3, -0.25) is 4.79 Å². The van der Waals surface area contributed by atoms with Crippen LogP contribution in [0.1, 0.15) is 25.8 Å². The Kier molecular flexibility index (Phi) is 4.23. The Hall–Kier alpha value is -2.01. The van der Waals surface area contributed by atoms with Gasteiger partial charge >= 0.3 is 0 Å². The molecular weight excluding hydrogens is 270 g/mol. The second kappa shape index (κ2) is 5.77. The average Bonchev–Trinajstić information content (AvgIpc) is 2.42. The molecule has 1 heterocycles. The van der Waals surface area contributed by atoms with Crippen LogP contribution >= 0.6 is 0 Å². The van der Waals surface area contributed by atoms with Crippen molar-refractivity contribution in [1.82, 2.24) is 4.98 Å². The van der Waals surface area contributed by atoms with Gasteiger partial charge in [0, 0.05) is 5.39 Å². The molecule has 2 aromatic rings. The lowest BCUT2D eigenvalue weighted by atomic mass is 9.98. The number of aromatic nitrogens is 1. The number of hydrogen-bond donors (Lipinski definition) is 2. The van der Waals surface area contributed by atoms with Crippen LogP contribution in [0.4, 0.5) is 0 Å². The first kappa shape index (κ1) is 15.4. The number of aromatic amines is 1. The molecule has 0 radical (unpaired) electrons. The molecule has 1 aromatic carbocycles. The number of methoxy groups -OCH3 is 2. The van der Waals surface area contributed by atoms with Gasteiger partial charge in [0.2, 0.25) is 0 Å². The summed E-state index contributed by atoms with van der Waals surface area (Å²) in [4.78, 5) is 15.2. The van der Waals surface area contributed by atoms with Crippen molar-refractivity contribution in [2.45, 2.75) is 32.3 Å². The lowest BCUT2D eigenvalue weighted by Gasteiger charge is -2.18. The minimum absolute atomic E-state index is 0.215. The number of pyridine rings is 1. The number of ether oxygens (including phenoxy) is 2. The van der Waals surface area contributed by atoms with Gasteiger partial charge in [-0.2, -0.15) is 0 Å². The molecule has 0 amide bonds. The largest absolute Gasteiger partial charge is 0.496 e. The number of fused-ring (bicyclic) bond motifs is 1. The zero-order chi connectivity index (χ0) is 15.6. The quantitative estimate of drug-likeness (QED) is 0.886.